The van der Waals surface area contributed by atoms with Crippen LogP contribution in [0.1, 0.15) is 59.3 Å². The average molecular weight is 379 g/mol. The average Bonchev–Trinajstić information content (AvgIpc) is 2.17. The fourth-order valence-corrected chi connectivity index (χ4v) is 1.48. The van der Waals surface area contributed by atoms with Crippen molar-refractivity contribution in [2.24, 2.45) is 0 Å². The molecule has 0 rings (SSSR count). The quantitative estimate of drug-likeness (QED) is 0.487. The monoisotopic (exact) mass is 377 g/mol. The third kappa shape index (κ3) is 26.4. The Morgan fingerprint density at radius 3 is 0.944 bits per heavy atom. The molecular formula is C12H31Cl4NTi. The standard InChI is InChI=1S/C12H27N.4ClH.Ti/c1-4-7-10-13(11-8-5-2)12-9-6-3;;;;;/h4-12H2,1-3H3;4*1H;. The Bertz CT molecular complexity index is 91.1. The van der Waals surface area contributed by atoms with Crippen LogP contribution in [0.4, 0.5) is 0 Å². The van der Waals surface area contributed by atoms with E-state index in [0.29, 0.717) is 0 Å². The zero-order valence-electron chi connectivity index (χ0n) is 11.9. The molecule has 0 aliphatic carbocycles. The number of halogens is 4. The summed E-state index contributed by atoms with van der Waals surface area (Å²) < 4.78 is 0. The van der Waals surface area contributed by atoms with Gasteiger partial charge in [-0.25, -0.2) is 0 Å². The van der Waals surface area contributed by atoms with Crippen LogP contribution in [0.2, 0.25) is 0 Å². The molecule has 1 nitrogen and oxygen atoms in total. The minimum Gasteiger partial charge on any atom is -0.303 e. The molecule has 0 unspecified atom stereocenters. The molecule has 0 atom stereocenters. The summed E-state index contributed by atoms with van der Waals surface area (Å²) in [5.41, 5.74) is 0. The van der Waals surface area contributed by atoms with E-state index in [9.17, 15) is 0 Å². The van der Waals surface area contributed by atoms with Crippen LogP contribution in [0.15, 0.2) is 0 Å². The van der Waals surface area contributed by atoms with Crippen LogP contribution >= 0.6 is 49.6 Å². The van der Waals surface area contributed by atoms with E-state index in [1.165, 1.54) is 58.2 Å². The molecule has 0 aromatic heterocycles. The predicted molar refractivity (Wildman–Crippen MR) is 90.2 cm³/mol. The Balaban J connectivity index is -0.0000000720. The van der Waals surface area contributed by atoms with Crippen molar-refractivity contribution in [3.05, 3.63) is 0 Å². The van der Waals surface area contributed by atoms with E-state index in [1.54, 1.807) is 0 Å². The molecular weight excluding hydrogens is 348 g/mol. The summed E-state index contributed by atoms with van der Waals surface area (Å²) in [6, 6.07) is 0. The van der Waals surface area contributed by atoms with Crippen molar-refractivity contribution in [1.29, 1.82) is 0 Å². The Morgan fingerprint density at radius 2 is 0.778 bits per heavy atom. The van der Waals surface area contributed by atoms with Gasteiger partial charge in [-0.3, -0.25) is 0 Å². The molecule has 0 aliphatic heterocycles. The molecule has 18 heavy (non-hydrogen) atoms. The number of hydrogen-bond donors (Lipinski definition) is 0. The third-order valence-electron chi connectivity index (χ3n) is 2.48. The van der Waals surface area contributed by atoms with Gasteiger partial charge in [-0.05, 0) is 38.9 Å². The second-order valence-electron chi connectivity index (χ2n) is 3.90. The summed E-state index contributed by atoms with van der Waals surface area (Å²) in [7, 11) is 0. The molecule has 0 spiro atoms. The van der Waals surface area contributed by atoms with Crippen molar-refractivity contribution in [2.75, 3.05) is 19.6 Å². The van der Waals surface area contributed by atoms with Gasteiger partial charge in [0.05, 0.1) is 0 Å². The van der Waals surface area contributed by atoms with Crippen molar-refractivity contribution in [2.45, 2.75) is 59.3 Å². The zero-order valence-corrected chi connectivity index (χ0v) is 16.8. The Labute approximate surface area is 154 Å². The van der Waals surface area contributed by atoms with Crippen LogP contribution in [0.25, 0.3) is 0 Å². The Kier molecular flexibility index (Phi) is 63.9. The van der Waals surface area contributed by atoms with Gasteiger partial charge in [0.1, 0.15) is 0 Å². The van der Waals surface area contributed by atoms with E-state index in [2.05, 4.69) is 25.7 Å². The van der Waals surface area contributed by atoms with Gasteiger partial charge in [-0.1, -0.05) is 40.0 Å². The van der Waals surface area contributed by atoms with Gasteiger partial charge in [0.2, 0.25) is 0 Å². The molecule has 0 radical (unpaired) electrons. The van der Waals surface area contributed by atoms with E-state index in [1.807, 2.05) is 0 Å². The maximum atomic E-state index is 2.64. The van der Waals surface area contributed by atoms with Gasteiger partial charge in [0.25, 0.3) is 0 Å². The fraction of sp³-hybridized carbons (Fsp3) is 1.00. The first-order chi connectivity index (χ1) is 6.35. The van der Waals surface area contributed by atoms with Gasteiger partial charge >= 0.3 is 0 Å². The SMILES string of the molecule is CCCCN(CCCC)CCCC.Cl.Cl.Cl.Cl.[Ti]. The summed E-state index contributed by atoms with van der Waals surface area (Å²) in [5, 5.41) is 0. The van der Waals surface area contributed by atoms with Crippen molar-refractivity contribution in [3.8, 4) is 0 Å². The summed E-state index contributed by atoms with van der Waals surface area (Å²) in [4.78, 5) is 2.64. The van der Waals surface area contributed by atoms with E-state index in [0.717, 1.165) is 0 Å². The summed E-state index contributed by atoms with van der Waals surface area (Å²) >= 11 is 0. The van der Waals surface area contributed by atoms with Crippen LogP contribution in [0, 0.1) is 0 Å². The molecule has 6 heteroatoms. The Morgan fingerprint density at radius 1 is 0.556 bits per heavy atom. The van der Waals surface area contributed by atoms with Gasteiger partial charge in [0, 0.05) is 21.7 Å². The smallest absolute Gasteiger partial charge is 0 e. The minimum absolute atomic E-state index is 0. The molecule has 0 N–H and O–H groups in total. The Hall–Kier alpha value is 1.83. The summed E-state index contributed by atoms with van der Waals surface area (Å²) in [6.45, 7) is 10.8. The molecule has 0 saturated heterocycles. The molecule has 0 aromatic carbocycles. The van der Waals surface area contributed by atoms with Gasteiger partial charge in [-0.2, -0.15) is 0 Å². The first-order valence-corrected chi connectivity index (χ1v) is 6.07. The van der Waals surface area contributed by atoms with Gasteiger partial charge < -0.3 is 4.90 Å². The second-order valence-corrected chi connectivity index (χ2v) is 3.90. The first kappa shape index (κ1) is 36.8. The normalized spacial score (nSPS) is 8.00. The maximum Gasteiger partial charge on any atom is 0 e. The van der Waals surface area contributed by atoms with E-state index >= 15 is 0 Å². The molecule has 116 valence electrons. The van der Waals surface area contributed by atoms with Crippen LogP contribution in [0.5, 0.6) is 0 Å². The van der Waals surface area contributed by atoms with Crippen molar-refractivity contribution in [1.82, 2.24) is 4.90 Å². The van der Waals surface area contributed by atoms with E-state index < -0.39 is 0 Å². The van der Waals surface area contributed by atoms with E-state index in [-0.39, 0.29) is 71.3 Å². The predicted octanol–water partition coefficient (Wildman–Crippen LogP) is 5.37. The van der Waals surface area contributed by atoms with Crippen LogP contribution in [0.3, 0.4) is 0 Å². The molecule has 0 fully saturated rings. The summed E-state index contributed by atoms with van der Waals surface area (Å²) in [6.07, 6.45) is 8.09. The first-order valence-electron chi connectivity index (χ1n) is 6.07. The molecule has 0 amide bonds. The van der Waals surface area contributed by atoms with Crippen LogP contribution in [-0.2, 0) is 21.7 Å². The molecule has 0 saturated carbocycles. The number of nitrogens with zero attached hydrogens (tertiary/aromatic N) is 1. The fourth-order valence-electron chi connectivity index (χ4n) is 1.48. The zero-order chi connectivity index (χ0) is 9.94. The van der Waals surface area contributed by atoms with Crippen molar-refractivity contribution >= 4 is 49.6 Å². The van der Waals surface area contributed by atoms with Crippen molar-refractivity contribution < 1.29 is 21.7 Å². The van der Waals surface area contributed by atoms with Gasteiger partial charge in [-0.15, -0.1) is 49.6 Å². The number of rotatable bonds is 9. The van der Waals surface area contributed by atoms with Crippen LogP contribution in [-0.4, -0.2) is 24.5 Å². The molecule has 0 aromatic rings. The largest absolute Gasteiger partial charge is 0.303 e. The number of unbranched alkanes of at least 4 members (excludes halogenated alkanes) is 3. The molecule has 0 aliphatic rings. The third-order valence-corrected chi connectivity index (χ3v) is 2.48. The maximum absolute atomic E-state index is 2.64. The summed E-state index contributed by atoms with van der Waals surface area (Å²) in [5.74, 6) is 0. The van der Waals surface area contributed by atoms with Gasteiger partial charge in [0.15, 0.2) is 0 Å². The minimum atomic E-state index is 0. The number of hydrogen-bond acceptors (Lipinski definition) is 1. The molecule has 0 heterocycles. The topological polar surface area (TPSA) is 3.24 Å². The van der Waals surface area contributed by atoms with Crippen molar-refractivity contribution in [3.63, 3.8) is 0 Å². The second kappa shape index (κ2) is 31.3. The molecule has 0 bridgehead atoms. The van der Waals surface area contributed by atoms with Crippen LogP contribution < -0.4 is 0 Å². The van der Waals surface area contributed by atoms with E-state index in [4.69, 9.17) is 0 Å².